The summed E-state index contributed by atoms with van der Waals surface area (Å²) < 4.78 is 0.831. The molecule has 0 bridgehead atoms. The van der Waals surface area contributed by atoms with Gasteiger partial charge in [-0.25, -0.2) is 15.0 Å². The Bertz CT molecular complexity index is 966. The normalized spacial score (nSPS) is 14.7. The Morgan fingerprint density at radius 3 is 2.89 bits per heavy atom. The van der Waals surface area contributed by atoms with E-state index in [1.807, 2.05) is 12.1 Å². The van der Waals surface area contributed by atoms with E-state index >= 15 is 0 Å². The minimum Gasteiger partial charge on any atom is -0.340 e. The number of likely N-dealkylation sites (tertiary alicyclic amines) is 1. The van der Waals surface area contributed by atoms with E-state index in [9.17, 15) is 5.21 Å². The number of hydroxylamine groups is 1. The Kier molecular flexibility index (Phi) is 5.20. The van der Waals surface area contributed by atoms with Gasteiger partial charge in [0.25, 0.3) is 0 Å². The minimum absolute atomic E-state index is 0.0322. The van der Waals surface area contributed by atoms with Gasteiger partial charge in [0.2, 0.25) is 0 Å². The molecular weight excluding hydrogens is 408 g/mol. The van der Waals surface area contributed by atoms with Crippen molar-refractivity contribution in [3.63, 3.8) is 0 Å². The molecule has 8 heteroatoms. The first-order valence-electron chi connectivity index (χ1n) is 9.01. The number of anilines is 1. The molecular formula is C19H21BrN6O. The summed E-state index contributed by atoms with van der Waals surface area (Å²) in [7, 11) is 0. The number of amidine groups is 1. The van der Waals surface area contributed by atoms with E-state index < -0.39 is 0 Å². The van der Waals surface area contributed by atoms with Crippen LogP contribution in [-0.4, -0.2) is 50.5 Å². The molecule has 1 aliphatic heterocycles. The van der Waals surface area contributed by atoms with E-state index in [4.69, 9.17) is 5.41 Å². The van der Waals surface area contributed by atoms with E-state index in [-0.39, 0.29) is 5.84 Å². The van der Waals surface area contributed by atoms with Crippen LogP contribution in [0.2, 0.25) is 0 Å². The second-order valence-corrected chi connectivity index (χ2v) is 7.60. The molecule has 0 saturated carbocycles. The van der Waals surface area contributed by atoms with Gasteiger partial charge >= 0.3 is 0 Å². The minimum atomic E-state index is -0.0322. The van der Waals surface area contributed by atoms with Crippen LogP contribution in [0.3, 0.4) is 0 Å². The van der Waals surface area contributed by atoms with Crippen LogP contribution in [0.25, 0.3) is 11.2 Å². The molecule has 0 unspecified atom stereocenters. The number of pyridine rings is 1. The molecule has 140 valence electrons. The lowest BCUT2D eigenvalue weighted by molar-refractivity contribution is 0.312. The van der Waals surface area contributed by atoms with Crippen molar-refractivity contribution in [1.82, 2.24) is 19.9 Å². The predicted octanol–water partition coefficient (Wildman–Crippen LogP) is 3.58. The topological polar surface area (TPSA) is 92.1 Å². The molecule has 1 aliphatic rings. The van der Waals surface area contributed by atoms with E-state index in [0.717, 1.165) is 41.4 Å². The van der Waals surface area contributed by atoms with Crippen molar-refractivity contribution in [2.24, 2.45) is 0 Å². The Morgan fingerprint density at radius 1 is 1.30 bits per heavy atom. The number of fused-ring (bicyclic) bond motifs is 1. The fraction of sp³-hybridized carbons (Fsp3) is 0.316. The first kappa shape index (κ1) is 18.1. The summed E-state index contributed by atoms with van der Waals surface area (Å²) >= 11 is 3.39. The number of rotatable bonds is 5. The third kappa shape index (κ3) is 3.87. The molecule has 0 atom stereocenters. The molecule has 0 radical (unpaired) electrons. The smallest absolute Gasteiger partial charge is 0.178 e. The van der Waals surface area contributed by atoms with Crippen molar-refractivity contribution in [3.05, 3.63) is 52.4 Å². The van der Waals surface area contributed by atoms with Crippen LogP contribution < -0.4 is 5.06 Å². The third-order valence-electron chi connectivity index (χ3n) is 4.82. The molecule has 3 heterocycles. The molecule has 4 rings (SSSR count). The Hall–Kier alpha value is -2.29. The molecule has 0 aliphatic carbocycles. The maximum atomic E-state index is 10.5. The van der Waals surface area contributed by atoms with Crippen LogP contribution in [0.4, 0.5) is 5.69 Å². The van der Waals surface area contributed by atoms with Crippen molar-refractivity contribution < 1.29 is 5.21 Å². The number of aromatic nitrogens is 3. The number of aromatic amines is 1. The van der Waals surface area contributed by atoms with E-state index in [0.29, 0.717) is 22.4 Å². The van der Waals surface area contributed by atoms with Crippen molar-refractivity contribution >= 4 is 38.6 Å². The van der Waals surface area contributed by atoms with Gasteiger partial charge in [-0.2, -0.15) is 0 Å². The molecule has 0 spiro atoms. The van der Waals surface area contributed by atoms with Crippen LogP contribution in [0.1, 0.15) is 24.2 Å². The average Bonchev–Trinajstić information content (AvgIpc) is 3.34. The number of benzene rings is 1. The van der Waals surface area contributed by atoms with Crippen LogP contribution >= 0.6 is 15.9 Å². The first-order chi connectivity index (χ1) is 13.1. The number of nitrogens with zero attached hydrogens (tertiary/aromatic N) is 4. The average molecular weight is 429 g/mol. The third-order valence-corrected chi connectivity index (χ3v) is 5.32. The maximum absolute atomic E-state index is 10.5. The van der Waals surface area contributed by atoms with Gasteiger partial charge in [0.15, 0.2) is 11.5 Å². The lowest BCUT2D eigenvalue weighted by Crippen LogP contribution is -2.27. The van der Waals surface area contributed by atoms with Crippen molar-refractivity contribution in [3.8, 4) is 0 Å². The standard InChI is InChI=1S/C19H21BrN6O/c20-13-4-3-5-14(12-13)26(27)18(21)15-6-8-22-19-17(15)23-16(24-19)7-11-25-9-1-2-10-25/h3-6,8,12,21,27H,1-2,7,9-11H2,(H,22,23,24). The SMILES string of the molecule is N=C(c1ccnc2nc(CCN3CCCC3)[nH]c12)N(O)c1cccc(Br)c1. The highest BCUT2D eigenvalue weighted by atomic mass is 79.9. The van der Waals surface area contributed by atoms with Gasteiger partial charge in [-0.05, 0) is 50.2 Å². The predicted molar refractivity (Wildman–Crippen MR) is 109 cm³/mol. The van der Waals surface area contributed by atoms with Gasteiger partial charge < -0.3 is 9.88 Å². The van der Waals surface area contributed by atoms with Crippen molar-refractivity contribution in [2.75, 3.05) is 24.7 Å². The Labute approximate surface area is 165 Å². The quantitative estimate of drug-likeness (QED) is 0.328. The molecule has 1 saturated heterocycles. The summed E-state index contributed by atoms with van der Waals surface area (Å²) in [5.74, 6) is 0.826. The molecule has 2 aromatic heterocycles. The largest absolute Gasteiger partial charge is 0.340 e. The molecule has 0 amide bonds. The molecule has 3 N–H and O–H groups in total. The van der Waals surface area contributed by atoms with Crippen LogP contribution in [0.15, 0.2) is 41.0 Å². The van der Waals surface area contributed by atoms with Gasteiger partial charge in [-0.15, -0.1) is 0 Å². The summed E-state index contributed by atoms with van der Waals surface area (Å²) in [5, 5.41) is 19.8. The molecule has 1 aromatic carbocycles. The number of nitrogens with one attached hydrogen (secondary N) is 2. The lowest BCUT2D eigenvalue weighted by Gasteiger charge is -2.18. The van der Waals surface area contributed by atoms with Gasteiger partial charge in [-0.3, -0.25) is 10.6 Å². The zero-order valence-corrected chi connectivity index (χ0v) is 16.4. The fourth-order valence-electron chi connectivity index (χ4n) is 3.40. The summed E-state index contributed by atoms with van der Waals surface area (Å²) in [5.41, 5.74) is 2.31. The van der Waals surface area contributed by atoms with Crippen LogP contribution in [0, 0.1) is 5.41 Å². The van der Waals surface area contributed by atoms with E-state index in [1.54, 1.807) is 24.4 Å². The number of halogens is 1. The van der Waals surface area contributed by atoms with Gasteiger partial charge in [0, 0.05) is 29.2 Å². The fourth-order valence-corrected chi connectivity index (χ4v) is 3.78. The highest BCUT2D eigenvalue weighted by Crippen LogP contribution is 2.22. The summed E-state index contributed by atoms with van der Waals surface area (Å²) in [4.78, 5) is 14.6. The molecule has 7 nitrogen and oxygen atoms in total. The second-order valence-electron chi connectivity index (χ2n) is 6.68. The second kappa shape index (κ2) is 7.75. The van der Waals surface area contributed by atoms with Crippen LogP contribution in [0.5, 0.6) is 0 Å². The van der Waals surface area contributed by atoms with Gasteiger partial charge in [-0.1, -0.05) is 22.0 Å². The number of hydrogen-bond acceptors (Lipinski definition) is 5. The number of imidazole rings is 1. The van der Waals surface area contributed by atoms with E-state index in [1.165, 1.54) is 12.8 Å². The number of hydrogen-bond donors (Lipinski definition) is 3. The highest BCUT2D eigenvalue weighted by Gasteiger charge is 2.18. The van der Waals surface area contributed by atoms with Crippen molar-refractivity contribution in [1.29, 1.82) is 5.41 Å². The maximum Gasteiger partial charge on any atom is 0.178 e. The van der Waals surface area contributed by atoms with E-state index in [2.05, 4.69) is 35.8 Å². The zero-order chi connectivity index (χ0) is 18.8. The first-order valence-corrected chi connectivity index (χ1v) is 9.80. The zero-order valence-electron chi connectivity index (χ0n) is 14.8. The van der Waals surface area contributed by atoms with Crippen molar-refractivity contribution in [2.45, 2.75) is 19.3 Å². The Morgan fingerprint density at radius 2 is 2.11 bits per heavy atom. The lowest BCUT2D eigenvalue weighted by atomic mass is 10.2. The summed E-state index contributed by atoms with van der Waals surface area (Å²) in [6.45, 7) is 3.28. The molecule has 27 heavy (non-hydrogen) atoms. The summed E-state index contributed by atoms with van der Waals surface area (Å²) in [6, 6.07) is 8.89. The number of H-pyrrole nitrogens is 1. The van der Waals surface area contributed by atoms with Gasteiger partial charge in [0.05, 0.1) is 11.2 Å². The molecule has 1 fully saturated rings. The molecule has 3 aromatic rings. The van der Waals surface area contributed by atoms with Crippen LogP contribution in [-0.2, 0) is 6.42 Å². The monoisotopic (exact) mass is 428 g/mol. The summed E-state index contributed by atoms with van der Waals surface area (Å²) in [6.07, 6.45) is 4.97. The van der Waals surface area contributed by atoms with Gasteiger partial charge in [0.1, 0.15) is 5.82 Å². The highest BCUT2D eigenvalue weighted by molar-refractivity contribution is 9.10. The Balaban J connectivity index is 1.58.